The summed E-state index contributed by atoms with van der Waals surface area (Å²) in [4.78, 5) is 16.5. The predicted molar refractivity (Wildman–Crippen MR) is 77.5 cm³/mol. The second kappa shape index (κ2) is 5.40. The molecular formula is C13H19N3O3S. The molecule has 1 atom stereocenters. The summed E-state index contributed by atoms with van der Waals surface area (Å²) in [6, 6.07) is 3.36. The predicted octanol–water partition coefficient (Wildman–Crippen LogP) is 0.820. The summed E-state index contributed by atoms with van der Waals surface area (Å²) < 4.78 is 23.1. The second-order valence-corrected chi connectivity index (χ2v) is 7.47. The van der Waals surface area contributed by atoms with Crippen LogP contribution >= 0.6 is 0 Å². The van der Waals surface area contributed by atoms with E-state index in [0.29, 0.717) is 24.3 Å². The van der Waals surface area contributed by atoms with Crippen LogP contribution in [0.3, 0.4) is 0 Å². The number of pyridine rings is 1. The van der Waals surface area contributed by atoms with Gasteiger partial charge in [-0.15, -0.1) is 0 Å². The molecule has 1 fully saturated rings. The molecule has 6 nitrogen and oxygen atoms in total. The van der Waals surface area contributed by atoms with Gasteiger partial charge in [-0.2, -0.15) is 0 Å². The minimum absolute atomic E-state index is 0.0114. The van der Waals surface area contributed by atoms with Crippen molar-refractivity contribution in [2.75, 3.05) is 23.4 Å². The summed E-state index contributed by atoms with van der Waals surface area (Å²) >= 11 is 0. The molecular weight excluding hydrogens is 278 g/mol. The Kier molecular flexibility index (Phi) is 3.99. The monoisotopic (exact) mass is 297 g/mol. The summed E-state index contributed by atoms with van der Waals surface area (Å²) in [7, 11) is -3.05. The maximum Gasteiger partial charge on any atom is 0.255 e. The van der Waals surface area contributed by atoms with Gasteiger partial charge in [0.25, 0.3) is 5.91 Å². The van der Waals surface area contributed by atoms with Crippen molar-refractivity contribution >= 4 is 21.6 Å². The molecule has 0 bridgehead atoms. The largest absolute Gasteiger partial charge is 0.370 e. The zero-order valence-electron chi connectivity index (χ0n) is 11.6. The van der Waals surface area contributed by atoms with Gasteiger partial charge in [-0.1, -0.05) is 0 Å². The third-order valence-corrected chi connectivity index (χ3v) is 5.22. The topological polar surface area (TPSA) is 88.2 Å². The zero-order chi connectivity index (χ0) is 14.8. The van der Waals surface area contributed by atoms with Gasteiger partial charge in [0, 0.05) is 12.7 Å². The Morgan fingerprint density at radius 3 is 2.85 bits per heavy atom. The normalized spacial score (nSPS) is 24.3. The molecule has 0 aliphatic carbocycles. The smallest absolute Gasteiger partial charge is 0.255 e. The van der Waals surface area contributed by atoms with Crippen LogP contribution in [-0.2, 0) is 9.84 Å². The van der Waals surface area contributed by atoms with Gasteiger partial charge in [0.05, 0.1) is 22.6 Å². The number of nitrogens with zero attached hydrogens (tertiary/aromatic N) is 1. The highest BCUT2D eigenvalue weighted by Crippen LogP contribution is 2.24. The lowest BCUT2D eigenvalue weighted by atomic mass is 10.0. The molecule has 1 aliphatic heterocycles. The number of sulfone groups is 1. The van der Waals surface area contributed by atoms with Crippen molar-refractivity contribution in [2.45, 2.75) is 25.8 Å². The van der Waals surface area contributed by atoms with Gasteiger partial charge < -0.3 is 10.6 Å². The van der Waals surface area contributed by atoms with E-state index in [4.69, 9.17) is 0 Å². The van der Waals surface area contributed by atoms with E-state index in [2.05, 4.69) is 15.6 Å². The molecule has 1 amide bonds. The van der Waals surface area contributed by atoms with Gasteiger partial charge >= 0.3 is 0 Å². The van der Waals surface area contributed by atoms with Crippen LogP contribution in [0.25, 0.3) is 0 Å². The molecule has 1 saturated heterocycles. The molecule has 20 heavy (non-hydrogen) atoms. The van der Waals surface area contributed by atoms with Crippen LogP contribution in [0.5, 0.6) is 0 Å². The van der Waals surface area contributed by atoms with Gasteiger partial charge in [0.1, 0.15) is 5.82 Å². The van der Waals surface area contributed by atoms with Crippen molar-refractivity contribution < 1.29 is 13.2 Å². The summed E-state index contributed by atoms with van der Waals surface area (Å²) in [5, 5.41) is 5.85. The zero-order valence-corrected chi connectivity index (χ0v) is 12.5. The molecule has 1 aliphatic rings. The van der Waals surface area contributed by atoms with Crippen LogP contribution in [0.15, 0.2) is 18.3 Å². The van der Waals surface area contributed by atoms with Crippen LogP contribution in [0.4, 0.5) is 5.82 Å². The van der Waals surface area contributed by atoms with Crippen LogP contribution in [0.2, 0.25) is 0 Å². The van der Waals surface area contributed by atoms with E-state index >= 15 is 0 Å². The van der Waals surface area contributed by atoms with Gasteiger partial charge in [-0.3, -0.25) is 4.79 Å². The maximum atomic E-state index is 12.3. The number of hydrogen-bond acceptors (Lipinski definition) is 5. The van der Waals surface area contributed by atoms with Crippen molar-refractivity contribution in [2.24, 2.45) is 0 Å². The third kappa shape index (κ3) is 3.27. The Bertz CT molecular complexity index is 615. The first-order valence-corrected chi connectivity index (χ1v) is 8.39. The number of amides is 1. The Morgan fingerprint density at radius 2 is 2.25 bits per heavy atom. The van der Waals surface area contributed by atoms with E-state index in [9.17, 15) is 13.2 Å². The van der Waals surface area contributed by atoms with E-state index < -0.39 is 15.4 Å². The third-order valence-electron chi connectivity index (χ3n) is 3.32. The molecule has 1 aromatic heterocycles. The Balaban J connectivity index is 2.17. The molecule has 1 aromatic rings. The minimum Gasteiger partial charge on any atom is -0.370 e. The Labute approximate surface area is 118 Å². The first-order chi connectivity index (χ1) is 9.35. The van der Waals surface area contributed by atoms with Crippen LogP contribution in [0, 0.1) is 0 Å². The van der Waals surface area contributed by atoms with Gasteiger partial charge in [0.15, 0.2) is 9.84 Å². The number of anilines is 1. The van der Waals surface area contributed by atoms with E-state index in [1.54, 1.807) is 25.3 Å². The summed E-state index contributed by atoms with van der Waals surface area (Å²) in [5.41, 5.74) is -0.269. The molecule has 110 valence electrons. The molecule has 0 aromatic carbocycles. The molecule has 2 N–H and O–H groups in total. The molecule has 0 radical (unpaired) electrons. The molecule has 7 heteroatoms. The van der Waals surface area contributed by atoms with Gasteiger partial charge in [-0.25, -0.2) is 13.4 Å². The van der Waals surface area contributed by atoms with Gasteiger partial charge in [0.2, 0.25) is 0 Å². The van der Waals surface area contributed by atoms with Crippen molar-refractivity contribution in [1.82, 2.24) is 10.3 Å². The number of rotatable bonds is 4. The lowest BCUT2D eigenvalue weighted by molar-refractivity contribution is 0.0916. The lowest BCUT2D eigenvalue weighted by Crippen LogP contribution is -2.47. The maximum absolute atomic E-state index is 12.3. The van der Waals surface area contributed by atoms with E-state index in [0.717, 1.165) is 0 Å². The molecule has 2 rings (SSSR count). The molecule has 0 saturated carbocycles. The van der Waals surface area contributed by atoms with E-state index in [1.807, 2.05) is 6.92 Å². The first kappa shape index (κ1) is 14.8. The minimum atomic E-state index is -3.05. The number of carbonyl (C=O) groups excluding carboxylic acids is 1. The van der Waals surface area contributed by atoms with Crippen LogP contribution in [0.1, 0.15) is 30.6 Å². The summed E-state index contributed by atoms with van der Waals surface area (Å²) in [6.45, 7) is 4.34. The molecule has 2 heterocycles. The van der Waals surface area contributed by atoms with Crippen LogP contribution in [-0.4, -0.2) is 42.9 Å². The average Bonchev–Trinajstić information content (AvgIpc) is 2.64. The summed E-state index contributed by atoms with van der Waals surface area (Å²) in [5.74, 6) is 0.324. The Hall–Kier alpha value is -1.63. The van der Waals surface area contributed by atoms with Crippen molar-refractivity contribution in [3.8, 4) is 0 Å². The highest BCUT2D eigenvalue weighted by molar-refractivity contribution is 7.91. The van der Waals surface area contributed by atoms with Gasteiger partial charge in [-0.05, 0) is 32.4 Å². The number of aromatic nitrogens is 1. The van der Waals surface area contributed by atoms with Crippen molar-refractivity contribution in [3.63, 3.8) is 0 Å². The highest BCUT2D eigenvalue weighted by Gasteiger charge is 2.39. The standard InChI is InChI=1S/C13H19N3O3S/c1-3-14-11-10(5-4-7-15-11)12(17)16-13(2)6-8-20(18,19)9-13/h4-5,7H,3,6,8-9H2,1-2H3,(H,14,15)(H,16,17). The van der Waals surface area contributed by atoms with Crippen LogP contribution < -0.4 is 10.6 Å². The molecule has 1 unspecified atom stereocenters. The number of nitrogens with one attached hydrogen (secondary N) is 2. The summed E-state index contributed by atoms with van der Waals surface area (Å²) in [6.07, 6.45) is 2.05. The fourth-order valence-electron chi connectivity index (χ4n) is 2.35. The fraction of sp³-hybridized carbons (Fsp3) is 0.538. The second-order valence-electron chi connectivity index (χ2n) is 5.29. The average molecular weight is 297 g/mol. The molecule has 0 spiro atoms. The Morgan fingerprint density at radius 1 is 1.50 bits per heavy atom. The van der Waals surface area contributed by atoms with Crippen molar-refractivity contribution in [3.05, 3.63) is 23.9 Å². The first-order valence-electron chi connectivity index (χ1n) is 6.57. The lowest BCUT2D eigenvalue weighted by Gasteiger charge is -2.24. The number of carbonyl (C=O) groups is 1. The van der Waals surface area contributed by atoms with Crippen molar-refractivity contribution in [1.29, 1.82) is 0 Å². The number of hydrogen-bond donors (Lipinski definition) is 2. The van der Waals surface area contributed by atoms with E-state index in [1.165, 1.54) is 0 Å². The SMILES string of the molecule is CCNc1ncccc1C(=O)NC1(C)CCS(=O)(=O)C1. The fourth-order valence-corrected chi connectivity index (χ4v) is 4.44. The highest BCUT2D eigenvalue weighted by atomic mass is 32.2. The quantitative estimate of drug-likeness (QED) is 0.859. The van der Waals surface area contributed by atoms with E-state index in [-0.39, 0.29) is 17.4 Å².